The summed E-state index contributed by atoms with van der Waals surface area (Å²) in [7, 11) is 0. The molecule has 1 saturated heterocycles. The number of ether oxygens (including phenoxy) is 1. The van der Waals surface area contributed by atoms with Crippen LogP contribution in [0.2, 0.25) is 0 Å². The van der Waals surface area contributed by atoms with Crippen LogP contribution >= 0.6 is 0 Å². The first kappa shape index (κ1) is 18.6. The average molecular weight is 302 g/mol. The monoisotopic (exact) mass is 302 g/mol. The van der Waals surface area contributed by atoms with Gasteiger partial charge in [-0.15, -0.1) is 0 Å². The summed E-state index contributed by atoms with van der Waals surface area (Å²) in [5.41, 5.74) is 3.26. The number of carbonyl (C=O) groups is 1. The maximum Gasteiger partial charge on any atom is 0.158 e. The summed E-state index contributed by atoms with van der Waals surface area (Å²) in [6.07, 6.45) is 10.5. The Labute approximate surface area is 135 Å². The Hall–Kier alpha value is -1.41. The van der Waals surface area contributed by atoms with E-state index in [-0.39, 0.29) is 17.5 Å². The molecule has 0 aromatic heterocycles. The van der Waals surface area contributed by atoms with Crippen LogP contribution in [0.3, 0.4) is 0 Å². The molecule has 0 aromatic rings. The van der Waals surface area contributed by atoms with Crippen LogP contribution in [0.25, 0.3) is 0 Å². The fourth-order valence-corrected chi connectivity index (χ4v) is 2.60. The molecule has 2 atom stereocenters. The van der Waals surface area contributed by atoms with Gasteiger partial charge in [-0.2, -0.15) is 0 Å². The number of rotatable bonds is 10. The van der Waals surface area contributed by atoms with E-state index in [1.54, 1.807) is 6.08 Å². The van der Waals surface area contributed by atoms with E-state index in [1.807, 2.05) is 26.8 Å². The predicted octanol–water partition coefficient (Wildman–Crippen LogP) is 5.32. The minimum Gasteiger partial charge on any atom is -0.366 e. The smallest absolute Gasteiger partial charge is 0.158 e. The highest BCUT2D eigenvalue weighted by Crippen LogP contribution is 2.42. The maximum absolute atomic E-state index is 11.8. The molecule has 1 heterocycles. The van der Waals surface area contributed by atoms with Crippen LogP contribution < -0.4 is 0 Å². The molecule has 1 rings (SSSR count). The van der Waals surface area contributed by atoms with Crippen LogP contribution in [0.4, 0.5) is 0 Å². The molecule has 1 fully saturated rings. The molecule has 0 aliphatic carbocycles. The zero-order valence-corrected chi connectivity index (χ0v) is 14.6. The van der Waals surface area contributed by atoms with E-state index in [1.165, 1.54) is 5.57 Å². The second kappa shape index (κ2) is 8.28. The van der Waals surface area contributed by atoms with E-state index in [2.05, 4.69) is 26.2 Å². The molecule has 0 aromatic carbocycles. The first-order valence-electron chi connectivity index (χ1n) is 8.08. The van der Waals surface area contributed by atoms with Crippen molar-refractivity contribution >= 4 is 5.78 Å². The molecule has 2 heteroatoms. The minimum atomic E-state index is -0.250. The van der Waals surface area contributed by atoms with Crippen molar-refractivity contribution in [3.05, 3.63) is 48.1 Å². The lowest BCUT2D eigenvalue weighted by Gasteiger charge is -2.04. The van der Waals surface area contributed by atoms with Crippen LogP contribution in [0.15, 0.2) is 48.1 Å². The molecule has 122 valence electrons. The molecule has 0 spiro atoms. The molecule has 0 radical (unpaired) electrons. The summed E-state index contributed by atoms with van der Waals surface area (Å²) in [5.74, 6) is 0.167. The Kier molecular flexibility index (Phi) is 7.02. The Morgan fingerprint density at radius 3 is 2.55 bits per heavy atom. The summed E-state index contributed by atoms with van der Waals surface area (Å²) < 4.78 is 5.76. The fraction of sp³-hybridized carbons (Fsp3) is 0.550. The Morgan fingerprint density at radius 2 is 1.95 bits per heavy atom. The molecular weight excluding hydrogens is 272 g/mol. The second-order valence-electron chi connectivity index (χ2n) is 6.77. The zero-order valence-electron chi connectivity index (χ0n) is 14.6. The van der Waals surface area contributed by atoms with Crippen molar-refractivity contribution in [3.8, 4) is 0 Å². The summed E-state index contributed by atoms with van der Waals surface area (Å²) in [6, 6.07) is 0. The lowest BCUT2D eigenvalue weighted by atomic mass is 9.95. The SMILES string of the molecule is C=CC(=C)CCC=C(C)CCC1OC1(C)CC(=O)C=C(C)C. The van der Waals surface area contributed by atoms with Gasteiger partial charge in [0, 0.05) is 6.42 Å². The van der Waals surface area contributed by atoms with E-state index in [4.69, 9.17) is 4.74 Å². The normalized spacial score (nSPS) is 23.8. The van der Waals surface area contributed by atoms with Gasteiger partial charge in [0.05, 0.1) is 11.7 Å². The van der Waals surface area contributed by atoms with Gasteiger partial charge in [-0.25, -0.2) is 0 Å². The van der Waals surface area contributed by atoms with Crippen LogP contribution in [0, 0.1) is 0 Å². The van der Waals surface area contributed by atoms with Crippen LogP contribution in [-0.2, 0) is 9.53 Å². The van der Waals surface area contributed by atoms with Gasteiger partial charge in [0.1, 0.15) is 0 Å². The molecule has 0 amide bonds. The fourth-order valence-electron chi connectivity index (χ4n) is 2.60. The van der Waals surface area contributed by atoms with Gasteiger partial charge in [-0.05, 0) is 59.5 Å². The van der Waals surface area contributed by atoms with E-state index in [0.29, 0.717) is 6.42 Å². The first-order valence-corrected chi connectivity index (χ1v) is 8.08. The zero-order chi connectivity index (χ0) is 16.8. The highest BCUT2D eigenvalue weighted by molar-refractivity contribution is 5.91. The third kappa shape index (κ3) is 6.57. The van der Waals surface area contributed by atoms with Gasteiger partial charge >= 0.3 is 0 Å². The van der Waals surface area contributed by atoms with Crippen LogP contribution in [-0.4, -0.2) is 17.5 Å². The molecule has 22 heavy (non-hydrogen) atoms. The third-order valence-electron chi connectivity index (χ3n) is 4.06. The minimum absolute atomic E-state index is 0.167. The molecule has 1 aliphatic heterocycles. The molecule has 0 N–H and O–H groups in total. The number of ketones is 1. The van der Waals surface area contributed by atoms with Gasteiger partial charge < -0.3 is 4.74 Å². The second-order valence-corrected chi connectivity index (χ2v) is 6.77. The van der Waals surface area contributed by atoms with Crippen LogP contribution in [0.5, 0.6) is 0 Å². The van der Waals surface area contributed by atoms with Crippen LogP contribution in [0.1, 0.15) is 59.8 Å². The van der Waals surface area contributed by atoms with Crippen molar-refractivity contribution in [2.24, 2.45) is 0 Å². The largest absolute Gasteiger partial charge is 0.366 e. The molecule has 2 unspecified atom stereocenters. The van der Waals surface area contributed by atoms with E-state index in [0.717, 1.165) is 36.8 Å². The predicted molar refractivity (Wildman–Crippen MR) is 93.9 cm³/mol. The van der Waals surface area contributed by atoms with Gasteiger partial charge in [0.15, 0.2) is 5.78 Å². The van der Waals surface area contributed by atoms with Gasteiger partial charge in [-0.1, -0.05) is 42.0 Å². The van der Waals surface area contributed by atoms with E-state index >= 15 is 0 Å². The Bertz CT molecular complexity index is 492. The number of allylic oxidation sites excluding steroid dienone is 6. The number of hydrogen-bond donors (Lipinski definition) is 0. The van der Waals surface area contributed by atoms with Crippen molar-refractivity contribution in [1.29, 1.82) is 0 Å². The summed E-state index contributed by atoms with van der Waals surface area (Å²) in [6.45, 7) is 15.7. The topological polar surface area (TPSA) is 29.6 Å². The Balaban J connectivity index is 2.30. The average Bonchev–Trinajstić information content (AvgIpc) is 3.04. The van der Waals surface area contributed by atoms with Crippen molar-refractivity contribution in [2.45, 2.75) is 71.5 Å². The molecular formula is C20H30O2. The summed E-state index contributed by atoms with van der Waals surface area (Å²) >= 11 is 0. The molecule has 0 bridgehead atoms. The van der Waals surface area contributed by atoms with Crippen molar-refractivity contribution in [3.63, 3.8) is 0 Å². The summed E-state index contributed by atoms with van der Waals surface area (Å²) in [4.78, 5) is 11.8. The number of hydrogen-bond acceptors (Lipinski definition) is 2. The van der Waals surface area contributed by atoms with Crippen molar-refractivity contribution in [1.82, 2.24) is 0 Å². The first-order chi connectivity index (χ1) is 10.3. The molecule has 1 aliphatic rings. The number of carbonyl (C=O) groups excluding carboxylic acids is 1. The standard InChI is InChI=1S/C20H30O2/c1-7-16(4)9-8-10-17(5)11-12-19-20(6,22-19)14-18(21)13-15(2)3/h7,10,13,19H,1,4,8-9,11-12,14H2,2-3,5-6H3. The lowest BCUT2D eigenvalue weighted by Crippen LogP contribution is -2.15. The quantitative estimate of drug-likeness (QED) is 0.237. The summed E-state index contributed by atoms with van der Waals surface area (Å²) in [5, 5.41) is 0. The van der Waals surface area contributed by atoms with Crippen molar-refractivity contribution in [2.75, 3.05) is 0 Å². The Morgan fingerprint density at radius 1 is 1.27 bits per heavy atom. The van der Waals surface area contributed by atoms with E-state index < -0.39 is 0 Å². The van der Waals surface area contributed by atoms with Crippen molar-refractivity contribution < 1.29 is 9.53 Å². The highest BCUT2D eigenvalue weighted by atomic mass is 16.6. The lowest BCUT2D eigenvalue weighted by molar-refractivity contribution is -0.115. The number of epoxide rings is 1. The third-order valence-corrected chi connectivity index (χ3v) is 4.06. The molecule has 2 nitrogen and oxygen atoms in total. The maximum atomic E-state index is 11.8. The van der Waals surface area contributed by atoms with Gasteiger partial charge in [-0.3, -0.25) is 4.79 Å². The van der Waals surface area contributed by atoms with Gasteiger partial charge in [0.25, 0.3) is 0 Å². The van der Waals surface area contributed by atoms with Gasteiger partial charge in [0.2, 0.25) is 0 Å². The van der Waals surface area contributed by atoms with E-state index in [9.17, 15) is 4.79 Å². The highest BCUT2D eigenvalue weighted by Gasteiger charge is 2.52. The molecule has 0 saturated carbocycles.